The van der Waals surface area contributed by atoms with Crippen LogP contribution in [0, 0.1) is 0 Å². The molecular formula is C15H11N5O. The van der Waals surface area contributed by atoms with Gasteiger partial charge in [0.15, 0.2) is 5.65 Å². The SMILES string of the molecule is COc1ccc2[nH]c(-c3ccc4nccnc4c3)nc2n1. The van der Waals surface area contributed by atoms with Crippen LogP contribution >= 0.6 is 0 Å². The summed E-state index contributed by atoms with van der Waals surface area (Å²) in [6.07, 6.45) is 3.36. The summed E-state index contributed by atoms with van der Waals surface area (Å²) in [5.74, 6) is 1.29. The van der Waals surface area contributed by atoms with Gasteiger partial charge in [0.1, 0.15) is 5.82 Å². The molecule has 0 spiro atoms. The molecule has 0 saturated heterocycles. The van der Waals surface area contributed by atoms with Crippen LogP contribution in [0.4, 0.5) is 0 Å². The van der Waals surface area contributed by atoms with Crippen molar-refractivity contribution in [3.05, 3.63) is 42.7 Å². The van der Waals surface area contributed by atoms with Crippen LogP contribution in [0.2, 0.25) is 0 Å². The molecule has 6 heteroatoms. The summed E-state index contributed by atoms with van der Waals surface area (Å²) in [4.78, 5) is 20.6. The maximum absolute atomic E-state index is 5.11. The molecule has 0 amide bonds. The van der Waals surface area contributed by atoms with Crippen LogP contribution in [0.1, 0.15) is 0 Å². The van der Waals surface area contributed by atoms with Crippen molar-refractivity contribution in [1.29, 1.82) is 0 Å². The van der Waals surface area contributed by atoms with Crippen LogP contribution in [-0.2, 0) is 0 Å². The van der Waals surface area contributed by atoms with Gasteiger partial charge >= 0.3 is 0 Å². The minimum absolute atomic E-state index is 0.546. The fourth-order valence-electron chi connectivity index (χ4n) is 2.24. The molecule has 0 radical (unpaired) electrons. The lowest BCUT2D eigenvalue weighted by molar-refractivity contribution is 0.399. The number of H-pyrrole nitrogens is 1. The zero-order chi connectivity index (χ0) is 14.2. The molecule has 3 heterocycles. The first-order valence-electron chi connectivity index (χ1n) is 6.45. The Balaban J connectivity index is 1.87. The van der Waals surface area contributed by atoms with E-state index in [1.807, 2.05) is 24.3 Å². The lowest BCUT2D eigenvalue weighted by atomic mass is 10.2. The molecule has 0 aliphatic carbocycles. The van der Waals surface area contributed by atoms with Gasteiger partial charge in [0, 0.05) is 24.0 Å². The first kappa shape index (κ1) is 11.8. The van der Waals surface area contributed by atoms with Gasteiger partial charge in [-0.3, -0.25) is 9.97 Å². The number of hydrogen-bond acceptors (Lipinski definition) is 5. The van der Waals surface area contributed by atoms with E-state index in [0.29, 0.717) is 11.5 Å². The number of hydrogen-bond donors (Lipinski definition) is 1. The second kappa shape index (κ2) is 4.52. The number of benzene rings is 1. The van der Waals surface area contributed by atoms with Crippen molar-refractivity contribution in [3.63, 3.8) is 0 Å². The molecule has 4 aromatic rings. The van der Waals surface area contributed by atoms with Gasteiger partial charge < -0.3 is 9.72 Å². The van der Waals surface area contributed by atoms with Gasteiger partial charge in [-0.1, -0.05) is 0 Å². The molecule has 0 unspecified atom stereocenters. The van der Waals surface area contributed by atoms with Crippen LogP contribution in [-0.4, -0.2) is 32.0 Å². The van der Waals surface area contributed by atoms with E-state index in [9.17, 15) is 0 Å². The Morgan fingerprint density at radius 1 is 0.952 bits per heavy atom. The minimum atomic E-state index is 0.546. The van der Waals surface area contributed by atoms with Gasteiger partial charge in [-0.15, -0.1) is 0 Å². The highest BCUT2D eigenvalue weighted by molar-refractivity contribution is 5.82. The molecule has 1 aromatic carbocycles. The van der Waals surface area contributed by atoms with Crippen LogP contribution < -0.4 is 4.74 Å². The average Bonchev–Trinajstić information content (AvgIpc) is 2.97. The summed E-state index contributed by atoms with van der Waals surface area (Å²) < 4.78 is 5.11. The van der Waals surface area contributed by atoms with Crippen molar-refractivity contribution in [2.45, 2.75) is 0 Å². The molecule has 0 atom stereocenters. The smallest absolute Gasteiger partial charge is 0.215 e. The number of imidazole rings is 1. The Kier molecular flexibility index (Phi) is 2.53. The monoisotopic (exact) mass is 277 g/mol. The van der Waals surface area contributed by atoms with E-state index in [1.165, 1.54) is 0 Å². The fourth-order valence-corrected chi connectivity index (χ4v) is 2.24. The largest absolute Gasteiger partial charge is 0.481 e. The van der Waals surface area contributed by atoms with Gasteiger partial charge in [-0.2, -0.15) is 4.98 Å². The highest BCUT2D eigenvalue weighted by Crippen LogP contribution is 2.23. The highest BCUT2D eigenvalue weighted by atomic mass is 16.5. The summed E-state index contributed by atoms with van der Waals surface area (Å²) in [6.45, 7) is 0. The van der Waals surface area contributed by atoms with Crippen LogP contribution in [0.5, 0.6) is 5.88 Å². The van der Waals surface area contributed by atoms with Gasteiger partial charge in [0.25, 0.3) is 0 Å². The zero-order valence-corrected chi connectivity index (χ0v) is 11.2. The molecular weight excluding hydrogens is 266 g/mol. The molecule has 4 rings (SSSR count). The Morgan fingerprint density at radius 3 is 2.67 bits per heavy atom. The maximum atomic E-state index is 5.11. The van der Waals surface area contributed by atoms with E-state index in [-0.39, 0.29) is 0 Å². The van der Waals surface area contributed by atoms with Crippen LogP contribution in [0.15, 0.2) is 42.7 Å². The Morgan fingerprint density at radius 2 is 1.81 bits per heavy atom. The zero-order valence-electron chi connectivity index (χ0n) is 11.2. The summed E-state index contributed by atoms with van der Waals surface area (Å²) in [5, 5.41) is 0. The van der Waals surface area contributed by atoms with E-state index in [0.717, 1.165) is 27.9 Å². The van der Waals surface area contributed by atoms with Gasteiger partial charge in [0.2, 0.25) is 5.88 Å². The van der Waals surface area contributed by atoms with E-state index in [2.05, 4.69) is 24.9 Å². The molecule has 0 aliphatic heterocycles. The molecule has 0 bridgehead atoms. The summed E-state index contributed by atoms with van der Waals surface area (Å²) in [6, 6.07) is 9.55. The molecule has 0 fully saturated rings. The predicted octanol–water partition coefficient (Wildman–Crippen LogP) is 2.58. The number of nitrogens with one attached hydrogen (secondary N) is 1. The quantitative estimate of drug-likeness (QED) is 0.609. The summed E-state index contributed by atoms with van der Waals surface area (Å²) in [7, 11) is 1.59. The Bertz CT molecular complexity index is 947. The van der Waals surface area contributed by atoms with Crippen molar-refractivity contribution in [2.75, 3.05) is 7.11 Å². The van der Waals surface area contributed by atoms with Crippen LogP contribution in [0.3, 0.4) is 0 Å². The van der Waals surface area contributed by atoms with E-state index in [4.69, 9.17) is 4.74 Å². The molecule has 6 nitrogen and oxygen atoms in total. The number of pyridine rings is 1. The third-order valence-corrected chi connectivity index (χ3v) is 3.27. The Labute approximate surface area is 119 Å². The van der Waals surface area contributed by atoms with Crippen molar-refractivity contribution in [2.24, 2.45) is 0 Å². The molecule has 0 saturated carbocycles. The number of nitrogens with zero attached hydrogens (tertiary/aromatic N) is 4. The molecule has 21 heavy (non-hydrogen) atoms. The molecule has 1 N–H and O–H groups in total. The van der Waals surface area contributed by atoms with Gasteiger partial charge in [-0.05, 0) is 24.3 Å². The van der Waals surface area contributed by atoms with Crippen molar-refractivity contribution >= 4 is 22.2 Å². The number of ether oxygens (including phenoxy) is 1. The number of fused-ring (bicyclic) bond motifs is 2. The van der Waals surface area contributed by atoms with Crippen molar-refractivity contribution < 1.29 is 4.74 Å². The van der Waals surface area contributed by atoms with Gasteiger partial charge in [0.05, 0.1) is 23.7 Å². The minimum Gasteiger partial charge on any atom is -0.481 e. The maximum Gasteiger partial charge on any atom is 0.215 e. The number of aromatic amines is 1. The number of methoxy groups -OCH3 is 1. The van der Waals surface area contributed by atoms with E-state index in [1.54, 1.807) is 25.6 Å². The highest BCUT2D eigenvalue weighted by Gasteiger charge is 2.08. The standard InChI is InChI=1S/C15H11N5O/c1-21-13-5-4-11-15(19-13)20-14(18-11)9-2-3-10-12(8-9)17-7-6-16-10/h2-8H,1H3,(H,18,19,20). The fraction of sp³-hybridized carbons (Fsp3) is 0.0667. The Hall–Kier alpha value is -3.02. The van der Waals surface area contributed by atoms with E-state index < -0.39 is 0 Å². The topological polar surface area (TPSA) is 76.6 Å². The summed E-state index contributed by atoms with van der Waals surface area (Å²) >= 11 is 0. The van der Waals surface area contributed by atoms with E-state index >= 15 is 0 Å². The van der Waals surface area contributed by atoms with Crippen LogP contribution in [0.25, 0.3) is 33.6 Å². The average molecular weight is 277 g/mol. The number of aromatic nitrogens is 5. The third-order valence-electron chi connectivity index (χ3n) is 3.27. The first-order chi connectivity index (χ1) is 10.3. The first-order valence-corrected chi connectivity index (χ1v) is 6.45. The second-order valence-electron chi connectivity index (χ2n) is 4.57. The second-order valence-corrected chi connectivity index (χ2v) is 4.57. The van der Waals surface area contributed by atoms with Gasteiger partial charge in [-0.25, -0.2) is 4.98 Å². The molecule has 3 aromatic heterocycles. The third kappa shape index (κ3) is 1.97. The lowest BCUT2D eigenvalue weighted by Gasteiger charge is -1.98. The molecule has 0 aliphatic rings. The number of rotatable bonds is 2. The van der Waals surface area contributed by atoms with Crippen molar-refractivity contribution in [1.82, 2.24) is 24.9 Å². The molecule has 102 valence electrons. The van der Waals surface area contributed by atoms with Crippen molar-refractivity contribution in [3.8, 4) is 17.3 Å². The normalized spacial score (nSPS) is 11.1. The summed E-state index contributed by atoms with van der Waals surface area (Å²) in [5.41, 5.74) is 4.13. The predicted molar refractivity (Wildman–Crippen MR) is 79.0 cm³/mol. The lowest BCUT2D eigenvalue weighted by Crippen LogP contribution is -1.86.